The first-order chi connectivity index (χ1) is 11.1. The topological polar surface area (TPSA) is 30.5 Å². The average molecular weight is 313 g/mol. The molecule has 0 saturated heterocycles. The van der Waals surface area contributed by atoms with Gasteiger partial charge in [0, 0.05) is 18.3 Å². The minimum Gasteiger partial charge on any atom is -0.491 e. The van der Waals surface area contributed by atoms with E-state index in [0.717, 1.165) is 30.2 Å². The molecule has 0 fully saturated rings. The number of hydrogen-bond acceptors (Lipinski definition) is 3. The maximum absolute atomic E-state index is 5.80. The molecule has 1 atom stereocenters. The van der Waals surface area contributed by atoms with Gasteiger partial charge in [0.1, 0.15) is 11.5 Å². The lowest BCUT2D eigenvalue weighted by Gasteiger charge is -2.14. The molecule has 0 bridgehead atoms. The maximum Gasteiger partial charge on any atom is 0.121 e. The van der Waals surface area contributed by atoms with E-state index in [1.54, 1.807) is 0 Å². The van der Waals surface area contributed by atoms with Crippen LogP contribution in [0.3, 0.4) is 0 Å². The fourth-order valence-corrected chi connectivity index (χ4v) is 2.16. The van der Waals surface area contributed by atoms with Crippen molar-refractivity contribution >= 4 is 5.69 Å². The van der Waals surface area contributed by atoms with Crippen molar-refractivity contribution in [3.63, 3.8) is 0 Å². The van der Waals surface area contributed by atoms with Crippen molar-refractivity contribution in [2.45, 2.75) is 52.9 Å². The van der Waals surface area contributed by atoms with Gasteiger partial charge in [-0.3, -0.25) is 0 Å². The van der Waals surface area contributed by atoms with Crippen molar-refractivity contribution < 1.29 is 9.47 Å². The molecule has 0 aliphatic rings. The molecule has 2 aromatic rings. The summed E-state index contributed by atoms with van der Waals surface area (Å²) in [6.45, 7) is 9.04. The van der Waals surface area contributed by atoms with Crippen molar-refractivity contribution in [3.8, 4) is 11.5 Å². The highest BCUT2D eigenvalue weighted by Gasteiger charge is 2.02. The highest BCUT2D eigenvalue weighted by atomic mass is 16.5. The second kappa shape index (κ2) is 8.47. The molecular weight excluding hydrogens is 286 g/mol. The monoisotopic (exact) mass is 313 g/mol. The zero-order chi connectivity index (χ0) is 16.7. The Morgan fingerprint density at radius 1 is 0.913 bits per heavy atom. The normalized spacial score (nSPS) is 12.0. The summed E-state index contributed by atoms with van der Waals surface area (Å²) >= 11 is 0. The van der Waals surface area contributed by atoms with E-state index in [2.05, 4.69) is 31.3 Å². The van der Waals surface area contributed by atoms with Crippen LogP contribution in [0.15, 0.2) is 48.5 Å². The van der Waals surface area contributed by atoms with Crippen LogP contribution in [0.25, 0.3) is 0 Å². The van der Waals surface area contributed by atoms with E-state index >= 15 is 0 Å². The Morgan fingerprint density at radius 2 is 1.65 bits per heavy atom. The Bertz CT molecular complexity index is 593. The van der Waals surface area contributed by atoms with Gasteiger partial charge < -0.3 is 14.8 Å². The van der Waals surface area contributed by atoms with E-state index in [4.69, 9.17) is 9.47 Å². The third-order valence-electron chi connectivity index (χ3n) is 3.54. The van der Waals surface area contributed by atoms with Crippen LogP contribution < -0.4 is 14.8 Å². The number of rotatable bonds is 8. The minimum atomic E-state index is 0.184. The molecule has 0 radical (unpaired) electrons. The molecule has 2 aromatic carbocycles. The number of anilines is 1. The fourth-order valence-electron chi connectivity index (χ4n) is 2.16. The largest absolute Gasteiger partial charge is 0.491 e. The summed E-state index contributed by atoms with van der Waals surface area (Å²) < 4.78 is 11.5. The first-order valence-electron chi connectivity index (χ1n) is 8.33. The standard InChI is InChI=1S/C20H27NO2/c1-5-16(4)23-19-11-9-17(10-12-19)14-21-18-7-6-8-20(13-18)22-15(2)3/h6-13,15-16,21H,5,14H2,1-4H3/t16-/m0/s1. The van der Waals surface area contributed by atoms with Gasteiger partial charge in [-0.1, -0.05) is 25.1 Å². The first kappa shape index (κ1) is 17.2. The SMILES string of the molecule is CC[C@H](C)Oc1ccc(CNc2cccc(OC(C)C)c2)cc1. The van der Waals surface area contributed by atoms with Crippen molar-refractivity contribution in [1.29, 1.82) is 0 Å². The summed E-state index contributed by atoms with van der Waals surface area (Å²) in [6.07, 6.45) is 1.45. The lowest BCUT2D eigenvalue weighted by atomic mass is 10.2. The van der Waals surface area contributed by atoms with Crippen LogP contribution >= 0.6 is 0 Å². The summed E-state index contributed by atoms with van der Waals surface area (Å²) in [5, 5.41) is 3.43. The highest BCUT2D eigenvalue weighted by molar-refractivity contribution is 5.48. The van der Waals surface area contributed by atoms with Gasteiger partial charge in [-0.25, -0.2) is 0 Å². The molecule has 1 N–H and O–H groups in total. The quantitative estimate of drug-likeness (QED) is 0.720. The molecule has 3 nitrogen and oxygen atoms in total. The second-order valence-corrected chi connectivity index (χ2v) is 6.03. The fraction of sp³-hybridized carbons (Fsp3) is 0.400. The molecule has 0 heterocycles. The second-order valence-electron chi connectivity index (χ2n) is 6.03. The van der Waals surface area contributed by atoms with Crippen LogP contribution in [-0.4, -0.2) is 12.2 Å². The van der Waals surface area contributed by atoms with Crippen LogP contribution in [-0.2, 0) is 6.54 Å². The molecule has 0 unspecified atom stereocenters. The molecule has 0 aromatic heterocycles. The minimum absolute atomic E-state index is 0.184. The first-order valence-corrected chi connectivity index (χ1v) is 8.33. The van der Waals surface area contributed by atoms with Gasteiger partial charge in [0.25, 0.3) is 0 Å². The summed E-state index contributed by atoms with van der Waals surface area (Å²) in [6, 6.07) is 16.3. The zero-order valence-electron chi connectivity index (χ0n) is 14.5. The highest BCUT2D eigenvalue weighted by Crippen LogP contribution is 2.20. The molecule has 0 aliphatic heterocycles. The lowest BCUT2D eigenvalue weighted by molar-refractivity contribution is 0.217. The molecule has 0 aliphatic carbocycles. The molecule has 124 valence electrons. The van der Waals surface area contributed by atoms with E-state index < -0.39 is 0 Å². The van der Waals surface area contributed by atoms with Gasteiger partial charge in [-0.2, -0.15) is 0 Å². The number of nitrogens with one attached hydrogen (secondary N) is 1. The van der Waals surface area contributed by atoms with E-state index in [9.17, 15) is 0 Å². The van der Waals surface area contributed by atoms with Crippen molar-refractivity contribution in [2.75, 3.05) is 5.32 Å². The van der Waals surface area contributed by atoms with Crippen molar-refractivity contribution in [3.05, 3.63) is 54.1 Å². The molecule has 0 spiro atoms. The van der Waals surface area contributed by atoms with E-state index in [-0.39, 0.29) is 12.2 Å². The van der Waals surface area contributed by atoms with Crippen molar-refractivity contribution in [2.24, 2.45) is 0 Å². The number of benzene rings is 2. The van der Waals surface area contributed by atoms with E-state index in [1.807, 2.05) is 50.2 Å². The van der Waals surface area contributed by atoms with Crippen LogP contribution in [0.2, 0.25) is 0 Å². The molecule has 3 heteroatoms. The Hall–Kier alpha value is -2.16. The van der Waals surface area contributed by atoms with E-state index in [0.29, 0.717) is 0 Å². The molecule has 0 saturated carbocycles. The molecule has 2 rings (SSSR count). The van der Waals surface area contributed by atoms with Crippen LogP contribution in [0, 0.1) is 0 Å². The van der Waals surface area contributed by atoms with Crippen LogP contribution in [0.4, 0.5) is 5.69 Å². The Morgan fingerprint density at radius 3 is 2.30 bits per heavy atom. The third-order valence-corrected chi connectivity index (χ3v) is 3.54. The van der Waals surface area contributed by atoms with Gasteiger partial charge in [-0.05, 0) is 57.0 Å². The van der Waals surface area contributed by atoms with Gasteiger partial charge >= 0.3 is 0 Å². The average Bonchev–Trinajstić information content (AvgIpc) is 2.54. The molecular formula is C20H27NO2. The number of ether oxygens (including phenoxy) is 2. The maximum atomic E-state index is 5.80. The van der Waals surface area contributed by atoms with Crippen LogP contribution in [0.5, 0.6) is 11.5 Å². The number of hydrogen-bond donors (Lipinski definition) is 1. The summed E-state index contributed by atoms with van der Waals surface area (Å²) in [5.74, 6) is 1.82. The van der Waals surface area contributed by atoms with Gasteiger partial charge in [-0.15, -0.1) is 0 Å². The third kappa shape index (κ3) is 5.85. The Kier molecular flexibility index (Phi) is 6.33. The van der Waals surface area contributed by atoms with Gasteiger partial charge in [0.2, 0.25) is 0 Å². The van der Waals surface area contributed by atoms with Crippen molar-refractivity contribution in [1.82, 2.24) is 0 Å². The lowest BCUT2D eigenvalue weighted by Crippen LogP contribution is -2.09. The predicted molar refractivity (Wildman–Crippen MR) is 96.4 cm³/mol. The Labute approximate surface area is 139 Å². The molecule has 0 amide bonds. The smallest absolute Gasteiger partial charge is 0.121 e. The predicted octanol–water partition coefficient (Wildman–Crippen LogP) is 5.26. The molecule has 23 heavy (non-hydrogen) atoms. The van der Waals surface area contributed by atoms with Gasteiger partial charge in [0.15, 0.2) is 0 Å². The Balaban J connectivity index is 1.90. The summed E-state index contributed by atoms with van der Waals surface area (Å²) in [5.41, 5.74) is 2.28. The van der Waals surface area contributed by atoms with Crippen LogP contribution in [0.1, 0.15) is 39.7 Å². The van der Waals surface area contributed by atoms with E-state index in [1.165, 1.54) is 5.56 Å². The zero-order valence-corrected chi connectivity index (χ0v) is 14.5. The summed E-state index contributed by atoms with van der Waals surface area (Å²) in [4.78, 5) is 0. The summed E-state index contributed by atoms with van der Waals surface area (Å²) in [7, 11) is 0. The van der Waals surface area contributed by atoms with Gasteiger partial charge in [0.05, 0.1) is 12.2 Å².